The monoisotopic (exact) mass is 324 g/mol. The van der Waals surface area contributed by atoms with E-state index in [-0.39, 0.29) is 0 Å². The van der Waals surface area contributed by atoms with Gasteiger partial charge in [0.2, 0.25) is 0 Å². The number of hydrogen-bond donors (Lipinski definition) is 0. The molecule has 0 saturated carbocycles. The molecule has 6 rings (SSSR count). The van der Waals surface area contributed by atoms with Gasteiger partial charge in [0, 0.05) is 17.4 Å². The van der Waals surface area contributed by atoms with Crippen LogP contribution in [0.3, 0.4) is 0 Å². The van der Waals surface area contributed by atoms with Gasteiger partial charge in [0.05, 0.1) is 11.1 Å². The van der Waals surface area contributed by atoms with Gasteiger partial charge in [-0.3, -0.25) is 4.57 Å². The molecule has 0 spiro atoms. The van der Waals surface area contributed by atoms with Crippen LogP contribution in [0.4, 0.5) is 0 Å². The van der Waals surface area contributed by atoms with Crippen LogP contribution in [-0.4, -0.2) is 9.55 Å². The average molecular weight is 324 g/mol. The van der Waals surface area contributed by atoms with E-state index < -0.39 is 0 Å². The van der Waals surface area contributed by atoms with E-state index in [4.69, 9.17) is 4.42 Å². The van der Waals surface area contributed by atoms with Crippen LogP contribution in [0.5, 0.6) is 0 Å². The normalized spacial score (nSPS) is 12.6. The lowest BCUT2D eigenvalue weighted by Gasteiger charge is -2.03. The number of para-hydroxylation sites is 1. The molecule has 0 fully saturated rings. The molecular formula is C21H14N3O+. The van der Waals surface area contributed by atoms with Crippen molar-refractivity contribution in [2.24, 2.45) is 0 Å². The van der Waals surface area contributed by atoms with Crippen LogP contribution in [0.15, 0.2) is 77.3 Å². The number of fused-ring (bicyclic) bond motifs is 7. The van der Waals surface area contributed by atoms with Crippen molar-refractivity contribution in [3.8, 4) is 17.1 Å². The highest BCUT2D eigenvalue weighted by atomic mass is 16.4. The van der Waals surface area contributed by atoms with Crippen LogP contribution in [0.1, 0.15) is 5.56 Å². The molecule has 0 radical (unpaired) electrons. The maximum absolute atomic E-state index is 6.39. The van der Waals surface area contributed by atoms with E-state index in [1.807, 2.05) is 30.5 Å². The third-order valence-electron chi connectivity index (χ3n) is 4.96. The van der Waals surface area contributed by atoms with Crippen molar-refractivity contribution in [3.05, 3.63) is 78.5 Å². The molecule has 0 atom stereocenters. The van der Waals surface area contributed by atoms with Gasteiger partial charge in [0.1, 0.15) is 0 Å². The molecule has 4 heterocycles. The van der Waals surface area contributed by atoms with E-state index in [9.17, 15) is 0 Å². The van der Waals surface area contributed by atoms with E-state index in [1.165, 1.54) is 11.1 Å². The van der Waals surface area contributed by atoms with Crippen molar-refractivity contribution >= 4 is 22.3 Å². The Hall–Kier alpha value is -3.40. The van der Waals surface area contributed by atoms with Crippen LogP contribution in [0, 0.1) is 0 Å². The van der Waals surface area contributed by atoms with Crippen LogP contribution in [-0.2, 0) is 6.54 Å². The minimum absolute atomic E-state index is 0.822. The number of nitrogens with zero attached hydrogens (tertiary/aromatic N) is 3. The largest absolute Gasteiger partial charge is 0.383 e. The average Bonchev–Trinajstić information content (AvgIpc) is 3.29. The maximum Gasteiger partial charge on any atom is 0.383 e. The topological polar surface area (TPSA) is 34.8 Å². The van der Waals surface area contributed by atoms with E-state index in [0.717, 1.165) is 40.4 Å². The summed E-state index contributed by atoms with van der Waals surface area (Å²) in [4.78, 5) is 4.67. The summed E-state index contributed by atoms with van der Waals surface area (Å²) in [7, 11) is 0. The lowest BCUT2D eigenvalue weighted by Crippen LogP contribution is -2.30. The Morgan fingerprint density at radius 3 is 2.68 bits per heavy atom. The van der Waals surface area contributed by atoms with Gasteiger partial charge in [-0.1, -0.05) is 36.4 Å². The van der Waals surface area contributed by atoms with Gasteiger partial charge in [-0.25, -0.2) is 4.98 Å². The third-order valence-corrected chi connectivity index (χ3v) is 4.96. The molecule has 1 aliphatic heterocycles. The number of hydrogen-bond acceptors (Lipinski definition) is 2. The fourth-order valence-corrected chi connectivity index (χ4v) is 3.88. The first-order chi connectivity index (χ1) is 12.4. The highest BCUT2D eigenvalue weighted by molar-refractivity contribution is 6.01. The van der Waals surface area contributed by atoms with E-state index in [2.05, 4.69) is 56.6 Å². The lowest BCUT2D eigenvalue weighted by molar-refractivity contribution is -0.648. The molecule has 2 aromatic carbocycles. The zero-order chi connectivity index (χ0) is 16.4. The molecule has 4 heteroatoms. The summed E-state index contributed by atoms with van der Waals surface area (Å²) >= 11 is 0. The Kier molecular flexibility index (Phi) is 2.37. The summed E-state index contributed by atoms with van der Waals surface area (Å²) in [5, 5.41) is 0. The molecule has 0 bridgehead atoms. The molecular weight excluding hydrogens is 310 g/mol. The minimum Gasteiger partial charge on any atom is -0.380 e. The quantitative estimate of drug-likeness (QED) is 0.427. The Labute approximate surface area is 143 Å². The van der Waals surface area contributed by atoms with Gasteiger partial charge >= 0.3 is 5.89 Å². The van der Waals surface area contributed by atoms with Gasteiger partial charge in [-0.2, -0.15) is 0 Å². The van der Waals surface area contributed by atoms with Gasteiger partial charge in [-0.15, -0.1) is 4.57 Å². The summed E-state index contributed by atoms with van der Waals surface area (Å²) in [6.07, 6.45) is 1.85. The number of benzene rings is 2. The molecule has 0 amide bonds. The van der Waals surface area contributed by atoms with Crippen LogP contribution in [0.25, 0.3) is 39.4 Å². The van der Waals surface area contributed by atoms with Gasteiger partial charge in [0.25, 0.3) is 11.2 Å². The second kappa shape index (κ2) is 4.57. The number of rotatable bonds is 1. The van der Waals surface area contributed by atoms with Gasteiger partial charge in [-0.05, 0) is 30.3 Å². The molecule has 0 aliphatic carbocycles. The minimum atomic E-state index is 0.822. The SMILES string of the molecule is c1ccc(-n2c3cccnc3c3c2oc2[n+]3Cc3ccccc3-2)cc1. The molecule has 0 unspecified atom stereocenters. The maximum atomic E-state index is 6.39. The number of oxazole rings is 1. The van der Waals surface area contributed by atoms with Crippen LogP contribution < -0.4 is 4.57 Å². The summed E-state index contributed by atoms with van der Waals surface area (Å²) in [5.41, 5.74) is 7.49. The molecule has 1 aliphatic rings. The number of aromatic nitrogens is 3. The van der Waals surface area contributed by atoms with Crippen LogP contribution >= 0.6 is 0 Å². The predicted octanol–water partition coefficient (Wildman–Crippen LogP) is 4.09. The predicted molar refractivity (Wildman–Crippen MR) is 95.6 cm³/mol. The smallest absolute Gasteiger partial charge is 0.380 e. The summed E-state index contributed by atoms with van der Waals surface area (Å²) < 4.78 is 10.8. The first-order valence-corrected chi connectivity index (χ1v) is 8.37. The molecule has 5 aromatic rings. The third kappa shape index (κ3) is 1.61. The van der Waals surface area contributed by atoms with E-state index >= 15 is 0 Å². The highest BCUT2D eigenvalue weighted by Crippen LogP contribution is 2.36. The molecule has 0 N–H and O–H groups in total. The Bertz CT molecular complexity index is 1260. The highest BCUT2D eigenvalue weighted by Gasteiger charge is 2.37. The van der Waals surface area contributed by atoms with E-state index in [1.54, 1.807) is 0 Å². The standard InChI is InChI=1S/C21H14N3O/c1-2-8-15(9-3-1)24-17-11-6-12-22-18(17)19-21(24)25-20-16-10-5-4-7-14(16)13-23(19)20/h1-12H,13H2/q+1. The van der Waals surface area contributed by atoms with Gasteiger partial charge in [0.15, 0.2) is 12.1 Å². The Balaban J connectivity index is 1.78. The lowest BCUT2D eigenvalue weighted by atomic mass is 10.1. The Morgan fingerprint density at radius 2 is 1.76 bits per heavy atom. The van der Waals surface area contributed by atoms with Crippen molar-refractivity contribution in [3.63, 3.8) is 0 Å². The first-order valence-electron chi connectivity index (χ1n) is 8.37. The molecule has 3 aromatic heterocycles. The van der Waals surface area contributed by atoms with Gasteiger partial charge < -0.3 is 4.42 Å². The van der Waals surface area contributed by atoms with Crippen molar-refractivity contribution in [2.45, 2.75) is 6.54 Å². The fourth-order valence-electron chi connectivity index (χ4n) is 3.88. The zero-order valence-electron chi connectivity index (χ0n) is 13.4. The van der Waals surface area contributed by atoms with E-state index in [0.29, 0.717) is 0 Å². The van der Waals surface area contributed by atoms with Crippen LogP contribution in [0.2, 0.25) is 0 Å². The van der Waals surface area contributed by atoms with Crippen molar-refractivity contribution in [1.29, 1.82) is 0 Å². The Morgan fingerprint density at radius 1 is 0.920 bits per heavy atom. The fraction of sp³-hybridized carbons (Fsp3) is 0.0476. The second-order valence-corrected chi connectivity index (χ2v) is 6.35. The summed E-state index contributed by atoms with van der Waals surface area (Å²) in [6.45, 7) is 0.822. The summed E-state index contributed by atoms with van der Waals surface area (Å²) in [6, 6.07) is 22.8. The zero-order valence-corrected chi connectivity index (χ0v) is 13.4. The number of pyridine rings is 1. The molecule has 4 nitrogen and oxygen atoms in total. The van der Waals surface area contributed by atoms with Crippen molar-refractivity contribution < 1.29 is 8.98 Å². The summed E-state index contributed by atoms with van der Waals surface area (Å²) in [5.74, 6) is 0.915. The molecule has 118 valence electrons. The van der Waals surface area contributed by atoms with Crippen molar-refractivity contribution in [2.75, 3.05) is 0 Å². The van der Waals surface area contributed by atoms with Crippen molar-refractivity contribution in [1.82, 2.24) is 9.55 Å². The first kappa shape index (κ1) is 13.0. The molecule has 25 heavy (non-hydrogen) atoms. The molecule has 0 saturated heterocycles. The second-order valence-electron chi connectivity index (χ2n) is 6.35.